The molecule has 1 fully saturated rings. The molecular weight excluding hydrogens is 340 g/mol. The van der Waals surface area contributed by atoms with Crippen molar-refractivity contribution in [1.29, 1.82) is 0 Å². The van der Waals surface area contributed by atoms with E-state index in [2.05, 4.69) is 44.0 Å². The van der Waals surface area contributed by atoms with Gasteiger partial charge in [-0.2, -0.15) is 0 Å². The summed E-state index contributed by atoms with van der Waals surface area (Å²) in [6.45, 7) is 7.64. The number of nitrogens with zero attached hydrogens (tertiary/aromatic N) is 3. The molecule has 0 bridgehead atoms. The van der Waals surface area contributed by atoms with Crippen LogP contribution in [0.2, 0.25) is 0 Å². The normalized spacial score (nSPS) is 14.6. The Kier molecular flexibility index (Phi) is 4.58. The maximum absolute atomic E-state index is 12.3. The predicted octanol–water partition coefficient (Wildman–Crippen LogP) is 2.95. The lowest BCUT2D eigenvalue weighted by atomic mass is 10.1. The monoisotopic (exact) mass is 364 g/mol. The van der Waals surface area contributed by atoms with Crippen LogP contribution in [0.4, 0.5) is 5.69 Å². The Bertz CT molecular complexity index is 986. The molecule has 6 heteroatoms. The number of methoxy groups -OCH3 is 1. The van der Waals surface area contributed by atoms with E-state index in [1.807, 2.05) is 13.0 Å². The number of carbonyl (C=O) groups excluding carboxylic acids is 1. The van der Waals surface area contributed by atoms with Crippen molar-refractivity contribution in [3.05, 3.63) is 47.8 Å². The van der Waals surface area contributed by atoms with Crippen LogP contribution in [0.1, 0.15) is 23.0 Å². The summed E-state index contributed by atoms with van der Waals surface area (Å²) in [5.74, 6) is 0.578. The maximum Gasteiger partial charge on any atom is 0.215 e. The van der Waals surface area contributed by atoms with E-state index in [0.29, 0.717) is 11.4 Å². The minimum atomic E-state index is 0.0423. The fraction of sp³-hybridized carbons (Fsp3) is 0.333. The molecule has 1 aliphatic heterocycles. The maximum atomic E-state index is 12.3. The van der Waals surface area contributed by atoms with Crippen molar-refractivity contribution in [2.75, 3.05) is 38.2 Å². The number of hydrogen-bond donors (Lipinski definition) is 1. The fourth-order valence-electron chi connectivity index (χ4n) is 3.92. The Morgan fingerprint density at radius 3 is 2.44 bits per heavy atom. The number of carbonyl (C=O) groups is 1. The Morgan fingerprint density at radius 1 is 1.15 bits per heavy atom. The van der Waals surface area contributed by atoms with Gasteiger partial charge in [0.15, 0.2) is 5.78 Å². The second-order valence-corrected chi connectivity index (χ2v) is 6.85. The van der Waals surface area contributed by atoms with Crippen LogP contribution in [0.3, 0.4) is 0 Å². The molecule has 0 unspecified atom stereocenters. The van der Waals surface area contributed by atoms with Crippen molar-refractivity contribution in [2.45, 2.75) is 13.8 Å². The van der Waals surface area contributed by atoms with E-state index in [1.165, 1.54) is 5.69 Å². The van der Waals surface area contributed by atoms with Crippen LogP contribution in [-0.2, 0) is 0 Å². The number of rotatable bonds is 4. The van der Waals surface area contributed by atoms with Gasteiger partial charge in [0, 0.05) is 66.5 Å². The topological polar surface area (TPSA) is 59.4 Å². The van der Waals surface area contributed by atoms with Gasteiger partial charge >= 0.3 is 0 Å². The molecule has 3 aromatic rings. The molecule has 3 heterocycles. The van der Waals surface area contributed by atoms with Crippen molar-refractivity contribution in [2.24, 2.45) is 0 Å². The van der Waals surface area contributed by atoms with Gasteiger partial charge in [-0.05, 0) is 38.1 Å². The van der Waals surface area contributed by atoms with Crippen LogP contribution in [0.5, 0.6) is 5.88 Å². The lowest BCUT2D eigenvalue weighted by Gasteiger charge is -2.29. The van der Waals surface area contributed by atoms with E-state index in [4.69, 9.17) is 4.74 Å². The van der Waals surface area contributed by atoms with Crippen molar-refractivity contribution < 1.29 is 9.53 Å². The van der Waals surface area contributed by atoms with Crippen molar-refractivity contribution >= 4 is 22.4 Å². The second-order valence-electron chi connectivity index (χ2n) is 6.85. The average Bonchev–Trinajstić information content (AvgIpc) is 2.99. The predicted molar refractivity (Wildman–Crippen MR) is 107 cm³/mol. The summed E-state index contributed by atoms with van der Waals surface area (Å²) in [7, 11) is 1.60. The molecular formula is C21H24N4O2. The highest BCUT2D eigenvalue weighted by Crippen LogP contribution is 2.31. The average molecular weight is 364 g/mol. The highest BCUT2D eigenvalue weighted by molar-refractivity contribution is 6.08. The molecule has 27 heavy (non-hydrogen) atoms. The van der Waals surface area contributed by atoms with Crippen molar-refractivity contribution in [1.82, 2.24) is 14.9 Å². The van der Waals surface area contributed by atoms with E-state index in [1.54, 1.807) is 20.2 Å². The van der Waals surface area contributed by atoms with Crippen LogP contribution in [-0.4, -0.2) is 48.6 Å². The van der Waals surface area contributed by atoms with Crippen molar-refractivity contribution in [3.63, 3.8) is 0 Å². The zero-order chi connectivity index (χ0) is 19.0. The van der Waals surface area contributed by atoms with Gasteiger partial charge in [-0.1, -0.05) is 0 Å². The first-order chi connectivity index (χ1) is 13.1. The number of nitrogens with one attached hydrogen (secondary N) is 1. The number of anilines is 1. The number of Topliss-reactive ketones (excluding diaryl/α,β-unsaturated/α-hetero) is 1. The molecule has 0 radical (unpaired) electrons. The van der Waals surface area contributed by atoms with Crippen LogP contribution in [0, 0.1) is 6.92 Å². The Labute approximate surface area is 158 Å². The zero-order valence-corrected chi connectivity index (χ0v) is 16.0. The number of benzene rings is 1. The molecule has 1 aromatic carbocycles. The summed E-state index contributed by atoms with van der Waals surface area (Å²) in [4.78, 5) is 18.9. The third-order valence-electron chi connectivity index (χ3n) is 5.22. The second kappa shape index (κ2) is 7.04. The summed E-state index contributed by atoms with van der Waals surface area (Å²) >= 11 is 0. The Balaban J connectivity index is 1.82. The highest BCUT2D eigenvalue weighted by atomic mass is 16.5. The standard InChI is InChI=1S/C21H24N4O2/c1-14-21(15(2)26)18-13-23-20(27-3)12-19(18)25(14)17-6-4-16(5-7-17)24-10-8-22-9-11-24/h4-7,12-13,22H,8-11H2,1-3H3. The number of aromatic nitrogens is 2. The molecule has 0 amide bonds. The first-order valence-electron chi connectivity index (χ1n) is 9.22. The summed E-state index contributed by atoms with van der Waals surface area (Å²) in [6, 6.07) is 10.4. The van der Waals surface area contributed by atoms with Crippen LogP contribution >= 0.6 is 0 Å². The summed E-state index contributed by atoms with van der Waals surface area (Å²) in [5.41, 5.74) is 4.81. The number of ketones is 1. The fourth-order valence-corrected chi connectivity index (χ4v) is 3.92. The molecule has 2 aromatic heterocycles. The smallest absolute Gasteiger partial charge is 0.215 e. The van der Waals surface area contributed by atoms with Crippen molar-refractivity contribution in [3.8, 4) is 11.6 Å². The SMILES string of the molecule is COc1cc2c(cn1)c(C(C)=O)c(C)n2-c1ccc(N2CCNCC2)cc1. The molecule has 0 atom stereocenters. The molecule has 1 N–H and O–H groups in total. The van der Waals surface area contributed by atoms with E-state index < -0.39 is 0 Å². The zero-order valence-electron chi connectivity index (χ0n) is 16.0. The number of piperazine rings is 1. The quantitative estimate of drug-likeness (QED) is 0.722. The van der Waals surface area contributed by atoms with Crippen LogP contribution in [0.25, 0.3) is 16.6 Å². The van der Waals surface area contributed by atoms with Gasteiger partial charge in [0.05, 0.1) is 12.6 Å². The Hall–Kier alpha value is -2.86. The lowest BCUT2D eigenvalue weighted by Crippen LogP contribution is -2.43. The summed E-state index contributed by atoms with van der Waals surface area (Å²) < 4.78 is 7.41. The molecule has 4 rings (SSSR count). The van der Waals surface area contributed by atoms with Gasteiger partial charge in [0.2, 0.25) is 5.88 Å². The third kappa shape index (κ3) is 3.06. The van der Waals surface area contributed by atoms with E-state index in [-0.39, 0.29) is 5.78 Å². The number of ether oxygens (including phenoxy) is 1. The van der Waals surface area contributed by atoms with Gasteiger partial charge < -0.3 is 19.5 Å². The first-order valence-corrected chi connectivity index (χ1v) is 9.22. The minimum absolute atomic E-state index is 0.0423. The molecule has 1 aliphatic rings. The summed E-state index contributed by atoms with van der Waals surface area (Å²) in [6.07, 6.45) is 1.73. The molecule has 140 valence electrons. The number of pyridine rings is 1. The summed E-state index contributed by atoms with van der Waals surface area (Å²) in [5, 5.41) is 4.23. The molecule has 6 nitrogen and oxygen atoms in total. The van der Waals surface area contributed by atoms with Gasteiger partial charge in [-0.25, -0.2) is 4.98 Å². The first kappa shape index (κ1) is 17.5. The highest BCUT2D eigenvalue weighted by Gasteiger charge is 2.20. The van der Waals surface area contributed by atoms with Gasteiger partial charge in [-0.3, -0.25) is 4.79 Å². The lowest BCUT2D eigenvalue weighted by molar-refractivity contribution is 0.101. The van der Waals surface area contributed by atoms with Gasteiger partial charge in [0.1, 0.15) is 0 Å². The number of fused-ring (bicyclic) bond motifs is 1. The van der Waals surface area contributed by atoms with E-state index in [0.717, 1.165) is 48.5 Å². The van der Waals surface area contributed by atoms with E-state index >= 15 is 0 Å². The Morgan fingerprint density at radius 2 is 1.81 bits per heavy atom. The third-order valence-corrected chi connectivity index (χ3v) is 5.22. The van der Waals surface area contributed by atoms with Crippen LogP contribution in [0.15, 0.2) is 36.5 Å². The largest absolute Gasteiger partial charge is 0.481 e. The van der Waals surface area contributed by atoms with Crippen LogP contribution < -0.4 is 15.0 Å². The molecule has 0 saturated carbocycles. The van der Waals surface area contributed by atoms with Gasteiger partial charge in [-0.15, -0.1) is 0 Å². The molecule has 1 saturated heterocycles. The molecule has 0 aliphatic carbocycles. The van der Waals surface area contributed by atoms with E-state index in [9.17, 15) is 4.79 Å². The molecule has 0 spiro atoms. The number of hydrogen-bond acceptors (Lipinski definition) is 5. The minimum Gasteiger partial charge on any atom is -0.481 e. The van der Waals surface area contributed by atoms with Gasteiger partial charge in [0.25, 0.3) is 0 Å².